The highest BCUT2D eigenvalue weighted by atomic mass is 32.2. The topological polar surface area (TPSA) is 128 Å². The predicted octanol–water partition coefficient (Wildman–Crippen LogP) is 4.93. The van der Waals surface area contributed by atoms with E-state index in [2.05, 4.69) is 10.3 Å². The molecule has 6 rings (SSSR count). The van der Waals surface area contributed by atoms with Crippen LogP contribution in [0.25, 0.3) is 0 Å². The minimum absolute atomic E-state index is 0.0980. The van der Waals surface area contributed by atoms with Gasteiger partial charge in [-0.1, -0.05) is 35.2 Å². The third-order valence-electron chi connectivity index (χ3n) is 7.50. The highest BCUT2D eigenvalue weighted by Crippen LogP contribution is 2.53. The van der Waals surface area contributed by atoms with E-state index in [1.54, 1.807) is 31.5 Å². The molecule has 2 aliphatic heterocycles. The average molecular weight is 669 g/mol. The largest absolute Gasteiger partial charge is 0.462 e. The number of nitrogens with one attached hydrogen (secondary N) is 1. The Hall–Kier alpha value is -4.76. The summed E-state index contributed by atoms with van der Waals surface area (Å²) >= 11 is 1.82. The van der Waals surface area contributed by atoms with Crippen molar-refractivity contribution in [2.75, 3.05) is 16.8 Å². The number of thioether (sulfide) groups is 1. The maximum atomic E-state index is 14.0. The Bertz CT molecular complexity index is 1910. The van der Waals surface area contributed by atoms with E-state index in [9.17, 15) is 37.1 Å². The molecule has 4 heterocycles. The molecule has 236 valence electrons. The van der Waals surface area contributed by atoms with E-state index >= 15 is 0 Å². The molecule has 0 aliphatic carbocycles. The normalized spacial score (nSPS) is 19.0. The van der Waals surface area contributed by atoms with Crippen LogP contribution in [-0.2, 0) is 31.8 Å². The zero-order valence-electron chi connectivity index (χ0n) is 23.8. The van der Waals surface area contributed by atoms with E-state index in [0.717, 1.165) is 46.2 Å². The van der Waals surface area contributed by atoms with Gasteiger partial charge in [0.15, 0.2) is 0 Å². The van der Waals surface area contributed by atoms with Crippen molar-refractivity contribution in [2.24, 2.45) is 5.92 Å². The Labute approximate surface area is 267 Å². The smallest absolute Gasteiger partial charge is 0.416 e. The highest BCUT2D eigenvalue weighted by molar-refractivity contribution is 8.00. The van der Waals surface area contributed by atoms with Crippen LogP contribution in [0, 0.1) is 5.92 Å². The zero-order valence-corrected chi connectivity index (χ0v) is 25.4. The number of nitrogens with zero attached hydrogens (tertiary/aromatic N) is 3. The fourth-order valence-electron chi connectivity index (χ4n) is 5.51. The van der Waals surface area contributed by atoms with Gasteiger partial charge in [0, 0.05) is 28.9 Å². The van der Waals surface area contributed by atoms with E-state index in [1.165, 1.54) is 34.9 Å². The summed E-state index contributed by atoms with van der Waals surface area (Å²) in [6.07, 6.45) is -1.52. The molecule has 0 bridgehead atoms. The van der Waals surface area contributed by atoms with Gasteiger partial charge in [-0.2, -0.15) is 13.2 Å². The third kappa shape index (κ3) is 5.71. The van der Waals surface area contributed by atoms with Crippen LogP contribution in [0.15, 0.2) is 82.9 Å². The number of aromatic nitrogens is 2. The molecular weight excluding hydrogens is 645 g/mol. The minimum Gasteiger partial charge on any atom is -0.462 e. The molecule has 2 aromatic carbocycles. The number of esters is 1. The van der Waals surface area contributed by atoms with Crippen LogP contribution in [-0.4, -0.2) is 45.1 Å². The molecule has 0 spiro atoms. The summed E-state index contributed by atoms with van der Waals surface area (Å²) in [7, 11) is 0. The lowest BCUT2D eigenvalue weighted by atomic mass is 9.84. The van der Waals surface area contributed by atoms with Crippen molar-refractivity contribution in [1.82, 2.24) is 9.55 Å². The van der Waals surface area contributed by atoms with Gasteiger partial charge in [-0.15, -0.1) is 0 Å². The standard InChI is InChI=1S/C31H23F3N4O6S2/c1-2-44-29(42)16-8-10-20(11-9-16)38-26(40)23-22(17-5-4-12-35-14-17)25-28(45-24(23)27(38)41)37(30(43)46-25)15-21(39)36-19-7-3-6-18(13-19)31(32,33)34/h3-14,22-24H,2,15H2,1H3,(H,36,39)/t22-,23?,24?/m0/s1. The van der Waals surface area contributed by atoms with Crippen molar-refractivity contribution in [2.45, 2.75) is 35.8 Å². The molecule has 0 saturated carbocycles. The number of alkyl halides is 3. The first-order valence-electron chi connectivity index (χ1n) is 13.9. The van der Waals surface area contributed by atoms with Crippen LogP contribution >= 0.6 is 23.1 Å². The summed E-state index contributed by atoms with van der Waals surface area (Å²) < 4.78 is 45.7. The Morgan fingerprint density at radius 3 is 2.46 bits per heavy atom. The monoisotopic (exact) mass is 668 g/mol. The number of carbonyl (C=O) groups is 4. The first-order chi connectivity index (χ1) is 22.0. The molecule has 1 N–H and O–H groups in total. The SMILES string of the molecule is CCOC(=O)c1ccc(N2C(=O)C3Sc4c(sc(=O)n4CC(=O)Nc4cccc(C(F)(F)F)c4)[C@@H](c4cccnc4)C3C2=O)cc1. The minimum atomic E-state index is -4.61. The highest BCUT2D eigenvalue weighted by Gasteiger charge is 2.57. The first-order valence-corrected chi connectivity index (χ1v) is 15.6. The van der Waals surface area contributed by atoms with Crippen LogP contribution in [0.1, 0.15) is 39.2 Å². The molecule has 4 aromatic rings. The molecule has 0 radical (unpaired) electrons. The lowest BCUT2D eigenvalue weighted by molar-refractivity contribution is -0.137. The van der Waals surface area contributed by atoms with Crippen molar-refractivity contribution < 1.29 is 37.1 Å². The van der Waals surface area contributed by atoms with Gasteiger partial charge in [0.25, 0.3) is 0 Å². The lowest BCUT2D eigenvalue weighted by Gasteiger charge is -2.30. The Morgan fingerprint density at radius 2 is 1.78 bits per heavy atom. The van der Waals surface area contributed by atoms with E-state index in [4.69, 9.17) is 4.74 Å². The molecule has 3 atom stereocenters. The summed E-state index contributed by atoms with van der Waals surface area (Å²) in [6.45, 7) is 1.32. The second-order valence-electron chi connectivity index (χ2n) is 10.4. The fourth-order valence-corrected chi connectivity index (χ4v) is 8.28. The van der Waals surface area contributed by atoms with Crippen molar-refractivity contribution in [3.8, 4) is 0 Å². The quantitative estimate of drug-likeness (QED) is 0.217. The summed E-state index contributed by atoms with van der Waals surface area (Å²) in [4.78, 5) is 71.4. The number of rotatable bonds is 7. The fraction of sp³-hybridized carbons (Fsp3) is 0.226. The molecule has 46 heavy (non-hydrogen) atoms. The Balaban J connectivity index is 1.34. The van der Waals surface area contributed by atoms with Crippen LogP contribution in [0.5, 0.6) is 0 Å². The van der Waals surface area contributed by atoms with E-state index in [0.29, 0.717) is 15.5 Å². The first kappa shape index (κ1) is 31.2. The Kier molecular flexibility index (Phi) is 8.29. The van der Waals surface area contributed by atoms with Gasteiger partial charge >= 0.3 is 17.0 Å². The summed E-state index contributed by atoms with van der Waals surface area (Å²) in [5, 5.41) is 1.74. The number of ether oxygens (including phenoxy) is 1. The Morgan fingerprint density at radius 1 is 1.02 bits per heavy atom. The van der Waals surface area contributed by atoms with Crippen molar-refractivity contribution in [1.29, 1.82) is 0 Å². The molecule has 2 aromatic heterocycles. The summed E-state index contributed by atoms with van der Waals surface area (Å²) in [5.74, 6) is -4.00. The number of fused-ring (bicyclic) bond motifs is 2. The van der Waals surface area contributed by atoms with Gasteiger partial charge in [-0.3, -0.25) is 28.7 Å². The summed E-state index contributed by atoms with van der Waals surface area (Å²) in [6, 6.07) is 13.4. The molecular formula is C31H23F3N4O6S2. The van der Waals surface area contributed by atoms with Crippen LogP contribution in [0.3, 0.4) is 0 Å². The average Bonchev–Trinajstić information content (AvgIpc) is 3.47. The number of hydrogen-bond acceptors (Lipinski definition) is 9. The van der Waals surface area contributed by atoms with Crippen LogP contribution in [0.2, 0.25) is 0 Å². The molecule has 10 nitrogen and oxygen atoms in total. The van der Waals surface area contributed by atoms with E-state index in [-0.39, 0.29) is 23.5 Å². The van der Waals surface area contributed by atoms with Crippen LogP contribution < -0.4 is 15.1 Å². The molecule has 3 amide bonds. The number of amides is 3. The van der Waals surface area contributed by atoms with Crippen molar-refractivity contribution in [3.05, 3.63) is 104 Å². The van der Waals surface area contributed by atoms with Gasteiger partial charge in [-0.05, 0) is 61.0 Å². The van der Waals surface area contributed by atoms with E-state index < -0.39 is 63.9 Å². The van der Waals surface area contributed by atoms with Gasteiger partial charge in [0.1, 0.15) is 11.8 Å². The summed E-state index contributed by atoms with van der Waals surface area (Å²) in [5.41, 5.74) is 0.0462. The number of anilines is 2. The zero-order chi connectivity index (χ0) is 32.7. The second-order valence-corrected chi connectivity index (χ2v) is 12.5. The van der Waals surface area contributed by atoms with Gasteiger partial charge in [0.05, 0.1) is 34.4 Å². The number of thiazole rings is 1. The molecule has 15 heteroatoms. The molecule has 1 fully saturated rings. The molecule has 2 aliphatic rings. The van der Waals surface area contributed by atoms with Crippen molar-refractivity contribution >= 4 is 58.2 Å². The van der Waals surface area contributed by atoms with Gasteiger partial charge in [0.2, 0.25) is 17.7 Å². The second kappa shape index (κ2) is 12.2. The van der Waals surface area contributed by atoms with E-state index in [1.807, 2.05) is 0 Å². The number of hydrogen-bond donors (Lipinski definition) is 1. The maximum absolute atomic E-state index is 14.0. The lowest BCUT2D eigenvalue weighted by Crippen LogP contribution is -2.33. The number of pyridine rings is 1. The number of carbonyl (C=O) groups excluding carboxylic acids is 4. The van der Waals surface area contributed by atoms with Crippen molar-refractivity contribution in [3.63, 3.8) is 0 Å². The predicted molar refractivity (Wildman–Crippen MR) is 163 cm³/mol. The van der Waals surface area contributed by atoms with Crippen LogP contribution in [0.4, 0.5) is 24.5 Å². The molecule has 1 saturated heterocycles. The number of benzene rings is 2. The maximum Gasteiger partial charge on any atom is 0.416 e. The molecule has 2 unspecified atom stereocenters. The van der Waals surface area contributed by atoms with Gasteiger partial charge in [-0.25, -0.2) is 9.69 Å². The third-order valence-corrected chi connectivity index (χ3v) is 10.1. The number of halogens is 3. The van der Waals surface area contributed by atoms with Gasteiger partial charge < -0.3 is 10.1 Å². The number of imide groups is 1.